The third-order valence-corrected chi connectivity index (χ3v) is 3.15. The molecule has 1 aliphatic rings. The largest absolute Gasteiger partial charge is 0.383 e. The van der Waals surface area contributed by atoms with E-state index in [0.29, 0.717) is 0 Å². The number of nitrogens with one attached hydrogen (secondary N) is 3. The summed E-state index contributed by atoms with van der Waals surface area (Å²) in [6, 6.07) is 2.20. The lowest BCUT2D eigenvalue weighted by Crippen LogP contribution is -2.24. The molecule has 2 rings (SSSR count). The lowest BCUT2D eigenvalue weighted by Gasteiger charge is -2.04. The Kier molecular flexibility index (Phi) is 5.64. The highest BCUT2D eigenvalue weighted by molar-refractivity contribution is 5.17. The molecule has 1 fully saturated rings. The minimum Gasteiger partial charge on any atom is -0.383 e. The van der Waals surface area contributed by atoms with Gasteiger partial charge >= 0.3 is 0 Å². The lowest BCUT2D eigenvalue weighted by molar-refractivity contribution is 0.199. The quantitative estimate of drug-likeness (QED) is 0.544. The van der Waals surface area contributed by atoms with Gasteiger partial charge in [0.2, 0.25) is 0 Å². The molecule has 0 amide bonds. The maximum absolute atomic E-state index is 4.96. The van der Waals surface area contributed by atoms with Gasteiger partial charge < -0.3 is 15.4 Å². The molecule has 1 heterocycles. The Morgan fingerprint density at radius 2 is 2.17 bits per heavy atom. The van der Waals surface area contributed by atoms with Crippen LogP contribution < -0.4 is 10.6 Å². The predicted octanol–water partition coefficient (Wildman–Crippen LogP) is 1.00. The van der Waals surface area contributed by atoms with E-state index in [1.165, 1.54) is 24.2 Å². The van der Waals surface area contributed by atoms with Crippen LogP contribution >= 0.6 is 0 Å². The molecule has 18 heavy (non-hydrogen) atoms. The summed E-state index contributed by atoms with van der Waals surface area (Å²) in [5, 5.41) is 14.2. The molecule has 3 N–H and O–H groups in total. The molecular formula is C13H24N4O. The second kappa shape index (κ2) is 7.51. The molecule has 1 aromatic heterocycles. The Morgan fingerprint density at radius 3 is 2.94 bits per heavy atom. The second-order valence-electron chi connectivity index (χ2n) is 4.87. The van der Waals surface area contributed by atoms with Gasteiger partial charge in [0.15, 0.2) is 0 Å². The molecule has 102 valence electrons. The zero-order chi connectivity index (χ0) is 12.6. The monoisotopic (exact) mass is 252 g/mol. The summed E-state index contributed by atoms with van der Waals surface area (Å²) >= 11 is 0. The van der Waals surface area contributed by atoms with E-state index in [4.69, 9.17) is 4.74 Å². The molecule has 0 radical (unpaired) electrons. The fraction of sp³-hybridized carbons (Fsp3) is 0.769. The van der Waals surface area contributed by atoms with Gasteiger partial charge in [-0.2, -0.15) is 5.10 Å². The van der Waals surface area contributed by atoms with Gasteiger partial charge in [-0.15, -0.1) is 0 Å². The summed E-state index contributed by atoms with van der Waals surface area (Å²) in [6.07, 6.45) is 3.75. The Balaban J connectivity index is 1.47. The van der Waals surface area contributed by atoms with E-state index in [1.54, 1.807) is 7.11 Å². The van der Waals surface area contributed by atoms with Crippen molar-refractivity contribution in [3.63, 3.8) is 0 Å². The van der Waals surface area contributed by atoms with Crippen molar-refractivity contribution in [2.24, 2.45) is 0 Å². The van der Waals surface area contributed by atoms with Gasteiger partial charge in [0.25, 0.3) is 0 Å². The van der Waals surface area contributed by atoms with Crippen LogP contribution in [0.1, 0.15) is 36.6 Å². The SMILES string of the molecule is COCCNCCCNCc1cc(C2CC2)n[nH]1. The first-order chi connectivity index (χ1) is 8.90. The summed E-state index contributed by atoms with van der Waals surface area (Å²) in [5.41, 5.74) is 2.44. The van der Waals surface area contributed by atoms with Crippen LogP contribution in [0.3, 0.4) is 0 Å². The zero-order valence-electron chi connectivity index (χ0n) is 11.2. The van der Waals surface area contributed by atoms with Crippen LogP contribution in [0.15, 0.2) is 6.07 Å². The molecule has 5 nitrogen and oxygen atoms in total. The van der Waals surface area contributed by atoms with Crippen LogP contribution in [0.4, 0.5) is 0 Å². The first-order valence-electron chi connectivity index (χ1n) is 6.84. The molecular weight excluding hydrogens is 228 g/mol. The average molecular weight is 252 g/mol. The molecule has 0 atom stereocenters. The molecule has 0 unspecified atom stereocenters. The van der Waals surface area contributed by atoms with Gasteiger partial charge in [-0.05, 0) is 38.4 Å². The van der Waals surface area contributed by atoms with Crippen molar-refractivity contribution in [3.05, 3.63) is 17.5 Å². The number of rotatable bonds is 10. The van der Waals surface area contributed by atoms with E-state index in [1.807, 2.05) is 0 Å². The number of hydrogen-bond donors (Lipinski definition) is 3. The number of aromatic amines is 1. The summed E-state index contributed by atoms with van der Waals surface area (Å²) < 4.78 is 4.96. The van der Waals surface area contributed by atoms with Gasteiger partial charge in [-0.3, -0.25) is 5.10 Å². The molecule has 5 heteroatoms. The Labute approximate surface area is 109 Å². The number of H-pyrrole nitrogens is 1. The normalized spacial score (nSPS) is 15.2. The Bertz CT molecular complexity index is 335. The van der Waals surface area contributed by atoms with Crippen molar-refractivity contribution in [2.45, 2.75) is 31.7 Å². The minimum absolute atomic E-state index is 0.736. The third-order valence-electron chi connectivity index (χ3n) is 3.15. The predicted molar refractivity (Wildman–Crippen MR) is 71.6 cm³/mol. The fourth-order valence-electron chi connectivity index (χ4n) is 1.92. The van der Waals surface area contributed by atoms with Gasteiger partial charge in [0, 0.05) is 31.8 Å². The number of hydrogen-bond acceptors (Lipinski definition) is 4. The first-order valence-corrected chi connectivity index (χ1v) is 6.84. The van der Waals surface area contributed by atoms with E-state index in [0.717, 1.165) is 45.1 Å². The molecule has 0 spiro atoms. The molecule has 1 aromatic rings. The van der Waals surface area contributed by atoms with Gasteiger partial charge in [0.1, 0.15) is 0 Å². The van der Waals surface area contributed by atoms with Crippen LogP contribution in [-0.2, 0) is 11.3 Å². The lowest BCUT2D eigenvalue weighted by atomic mass is 10.2. The molecule has 0 bridgehead atoms. The smallest absolute Gasteiger partial charge is 0.0656 e. The van der Waals surface area contributed by atoms with Crippen molar-refractivity contribution in [3.8, 4) is 0 Å². The maximum atomic E-state index is 4.96. The van der Waals surface area contributed by atoms with Gasteiger partial charge in [-0.1, -0.05) is 0 Å². The number of methoxy groups -OCH3 is 1. The van der Waals surface area contributed by atoms with Crippen LogP contribution in [0, 0.1) is 0 Å². The standard InChI is InChI=1S/C13H24N4O/c1-18-8-7-14-5-2-6-15-10-12-9-13(17-16-12)11-3-4-11/h9,11,14-15H,2-8,10H2,1H3,(H,16,17). The fourth-order valence-corrected chi connectivity index (χ4v) is 1.92. The Morgan fingerprint density at radius 1 is 1.33 bits per heavy atom. The Hall–Kier alpha value is -0.910. The molecule has 1 aliphatic carbocycles. The van der Waals surface area contributed by atoms with E-state index in [2.05, 4.69) is 26.9 Å². The van der Waals surface area contributed by atoms with Crippen molar-refractivity contribution < 1.29 is 4.74 Å². The first kappa shape index (κ1) is 13.5. The van der Waals surface area contributed by atoms with E-state index in [-0.39, 0.29) is 0 Å². The zero-order valence-corrected chi connectivity index (χ0v) is 11.2. The highest BCUT2D eigenvalue weighted by atomic mass is 16.5. The van der Waals surface area contributed by atoms with Gasteiger partial charge in [0.05, 0.1) is 12.3 Å². The van der Waals surface area contributed by atoms with E-state index in [9.17, 15) is 0 Å². The van der Waals surface area contributed by atoms with E-state index >= 15 is 0 Å². The van der Waals surface area contributed by atoms with Crippen molar-refractivity contribution in [2.75, 3.05) is 33.4 Å². The van der Waals surface area contributed by atoms with Crippen molar-refractivity contribution in [1.82, 2.24) is 20.8 Å². The molecule has 0 aliphatic heterocycles. The van der Waals surface area contributed by atoms with Crippen LogP contribution in [0.5, 0.6) is 0 Å². The van der Waals surface area contributed by atoms with Crippen LogP contribution in [-0.4, -0.2) is 43.5 Å². The molecule has 0 saturated heterocycles. The van der Waals surface area contributed by atoms with E-state index < -0.39 is 0 Å². The summed E-state index contributed by atoms with van der Waals surface area (Å²) in [7, 11) is 1.73. The third kappa shape index (κ3) is 4.76. The molecule has 1 saturated carbocycles. The topological polar surface area (TPSA) is 62.0 Å². The number of ether oxygens (including phenoxy) is 1. The van der Waals surface area contributed by atoms with Crippen molar-refractivity contribution in [1.29, 1.82) is 0 Å². The van der Waals surface area contributed by atoms with Crippen LogP contribution in [0.2, 0.25) is 0 Å². The van der Waals surface area contributed by atoms with Gasteiger partial charge in [-0.25, -0.2) is 0 Å². The maximum Gasteiger partial charge on any atom is 0.0656 e. The highest BCUT2D eigenvalue weighted by Crippen LogP contribution is 2.38. The number of nitrogens with zero attached hydrogens (tertiary/aromatic N) is 1. The highest BCUT2D eigenvalue weighted by Gasteiger charge is 2.25. The second-order valence-corrected chi connectivity index (χ2v) is 4.87. The van der Waals surface area contributed by atoms with Crippen LogP contribution in [0.25, 0.3) is 0 Å². The average Bonchev–Trinajstić information content (AvgIpc) is 3.13. The minimum atomic E-state index is 0.736. The summed E-state index contributed by atoms with van der Waals surface area (Å²) in [4.78, 5) is 0. The summed E-state index contributed by atoms with van der Waals surface area (Å²) in [6.45, 7) is 4.66. The summed E-state index contributed by atoms with van der Waals surface area (Å²) in [5.74, 6) is 0.736. The molecule has 0 aromatic carbocycles. The van der Waals surface area contributed by atoms with Crippen molar-refractivity contribution >= 4 is 0 Å². The number of aromatic nitrogens is 2.